The standard InChI is InChI=1S/C25H29N3O4/c1-30-22-8-4-20(5-9-22)23-18-26-25(32-23)11-10-24(29)27-21-6-2-19(3-7-21)12-13-28-14-16-31-17-15-28/h2-9,18H,10-17H2,1H3,(H,27,29). The van der Waals surface area contributed by atoms with Crippen molar-refractivity contribution in [2.45, 2.75) is 19.3 Å². The summed E-state index contributed by atoms with van der Waals surface area (Å²) in [5, 5.41) is 2.95. The van der Waals surface area contributed by atoms with Crippen LogP contribution >= 0.6 is 0 Å². The Morgan fingerprint density at radius 2 is 1.81 bits per heavy atom. The molecular weight excluding hydrogens is 406 g/mol. The first-order chi connectivity index (χ1) is 15.7. The van der Waals surface area contributed by atoms with Gasteiger partial charge in [0.05, 0.1) is 26.5 Å². The van der Waals surface area contributed by atoms with Crippen molar-refractivity contribution in [2.75, 3.05) is 45.3 Å². The maximum atomic E-state index is 12.3. The minimum Gasteiger partial charge on any atom is -0.497 e. The van der Waals surface area contributed by atoms with E-state index in [0.717, 1.165) is 56.3 Å². The maximum Gasteiger partial charge on any atom is 0.224 e. The summed E-state index contributed by atoms with van der Waals surface area (Å²) in [5.41, 5.74) is 2.99. The fourth-order valence-corrected chi connectivity index (χ4v) is 3.63. The number of nitrogens with one attached hydrogen (secondary N) is 1. The molecule has 1 amide bonds. The zero-order valence-electron chi connectivity index (χ0n) is 18.4. The van der Waals surface area contributed by atoms with Crippen LogP contribution in [0.15, 0.2) is 59.1 Å². The van der Waals surface area contributed by atoms with Gasteiger partial charge >= 0.3 is 0 Å². The first-order valence-electron chi connectivity index (χ1n) is 11.0. The van der Waals surface area contributed by atoms with Gasteiger partial charge in [-0.3, -0.25) is 9.69 Å². The zero-order chi connectivity index (χ0) is 22.2. The second kappa shape index (κ2) is 10.9. The maximum absolute atomic E-state index is 12.3. The summed E-state index contributed by atoms with van der Waals surface area (Å²) in [6.07, 6.45) is 3.43. The van der Waals surface area contributed by atoms with Crippen molar-refractivity contribution < 1.29 is 18.7 Å². The summed E-state index contributed by atoms with van der Waals surface area (Å²) < 4.78 is 16.3. The van der Waals surface area contributed by atoms with E-state index in [1.165, 1.54) is 5.56 Å². The number of carbonyl (C=O) groups excluding carboxylic acids is 1. The summed E-state index contributed by atoms with van der Waals surface area (Å²) in [6, 6.07) is 15.6. The molecule has 1 saturated heterocycles. The average Bonchev–Trinajstić information content (AvgIpc) is 3.32. The lowest BCUT2D eigenvalue weighted by molar-refractivity contribution is -0.116. The molecule has 2 aromatic carbocycles. The van der Waals surface area contributed by atoms with Gasteiger partial charge in [-0.1, -0.05) is 12.1 Å². The number of hydrogen-bond acceptors (Lipinski definition) is 6. The van der Waals surface area contributed by atoms with E-state index in [4.69, 9.17) is 13.9 Å². The summed E-state index contributed by atoms with van der Waals surface area (Å²) in [5.74, 6) is 1.95. The summed E-state index contributed by atoms with van der Waals surface area (Å²) in [6.45, 7) is 4.67. The Morgan fingerprint density at radius 1 is 1.06 bits per heavy atom. The van der Waals surface area contributed by atoms with Crippen molar-refractivity contribution in [1.29, 1.82) is 0 Å². The molecule has 1 aliphatic heterocycles. The largest absolute Gasteiger partial charge is 0.497 e. The minimum atomic E-state index is -0.0599. The Balaban J connectivity index is 1.22. The van der Waals surface area contributed by atoms with E-state index >= 15 is 0 Å². The fourth-order valence-electron chi connectivity index (χ4n) is 3.63. The second-order valence-corrected chi connectivity index (χ2v) is 7.80. The number of aryl methyl sites for hydroxylation is 1. The molecule has 7 heteroatoms. The van der Waals surface area contributed by atoms with Crippen molar-refractivity contribution in [3.8, 4) is 17.1 Å². The van der Waals surface area contributed by atoms with Crippen LogP contribution in [0.4, 0.5) is 5.69 Å². The number of amides is 1. The number of oxazole rings is 1. The number of ether oxygens (including phenoxy) is 2. The van der Waals surface area contributed by atoms with Crippen LogP contribution in [-0.4, -0.2) is 55.7 Å². The SMILES string of the molecule is COc1ccc(-c2cnc(CCC(=O)Nc3ccc(CCN4CCOCC4)cc3)o2)cc1. The van der Waals surface area contributed by atoms with Crippen LogP contribution in [-0.2, 0) is 22.4 Å². The number of methoxy groups -OCH3 is 1. The van der Waals surface area contributed by atoms with Gasteiger partial charge in [0, 0.05) is 43.7 Å². The van der Waals surface area contributed by atoms with Crippen molar-refractivity contribution in [3.05, 3.63) is 66.2 Å². The fraction of sp³-hybridized carbons (Fsp3) is 0.360. The molecular formula is C25H29N3O4. The van der Waals surface area contributed by atoms with Crippen LogP contribution in [0.1, 0.15) is 17.9 Å². The first kappa shape index (κ1) is 22.0. The number of hydrogen-bond donors (Lipinski definition) is 1. The molecule has 1 N–H and O–H groups in total. The van der Waals surface area contributed by atoms with Crippen molar-refractivity contribution in [2.24, 2.45) is 0 Å². The normalized spacial score (nSPS) is 14.3. The first-order valence-corrected chi connectivity index (χ1v) is 11.0. The third kappa shape index (κ3) is 6.18. The van der Waals surface area contributed by atoms with Crippen LogP contribution in [0.5, 0.6) is 5.75 Å². The smallest absolute Gasteiger partial charge is 0.224 e. The Bertz CT molecular complexity index is 993. The van der Waals surface area contributed by atoms with Gasteiger partial charge in [-0.25, -0.2) is 4.98 Å². The Morgan fingerprint density at radius 3 is 2.53 bits per heavy atom. The van der Waals surface area contributed by atoms with Crippen molar-refractivity contribution >= 4 is 11.6 Å². The van der Waals surface area contributed by atoms with Crippen LogP contribution < -0.4 is 10.1 Å². The Hall–Kier alpha value is -3.16. The van der Waals surface area contributed by atoms with E-state index in [0.29, 0.717) is 24.5 Å². The van der Waals surface area contributed by atoms with Gasteiger partial charge in [0.15, 0.2) is 11.7 Å². The van der Waals surface area contributed by atoms with E-state index in [-0.39, 0.29) is 5.91 Å². The van der Waals surface area contributed by atoms with E-state index in [1.54, 1.807) is 13.3 Å². The van der Waals surface area contributed by atoms with Gasteiger partial charge in [0.1, 0.15) is 5.75 Å². The third-order valence-corrected chi connectivity index (χ3v) is 5.55. The van der Waals surface area contributed by atoms with Crippen LogP contribution in [0.3, 0.4) is 0 Å². The number of aromatic nitrogens is 1. The molecule has 32 heavy (non-hydrogen) atoms. The monoisotopic (exact) mass is 435 g/mol. The van der Waals surface area contributed by atoms with E-state index in [9.17, 15) is 4.79 Å². The third-order valence-electron chi connectivity index (χ3n) is 5.55. The highest BCUT2D eigenvalue weighted by Crippen LogP contribution is 2.23. The number of morpholine rings is 1. The Kier molecular flexibility index (Phi) is 7.53. The highest BCUT2D eigenvalue weighted by molar-refractivity contribution is 5.90. The predicted molar refractivity (Wildman–Crippen MR) is 123 cm³/mol. The lowest BCUT2D eigenvalue weighted by atomic mass is 10.1. The molecule has 0 radical (unpaired) electrons. The second-order valence-electron chi connectivity index (χ2n) is 7.80. The molecule has 0 unspecified atom stereocenters. The lowest BCUT2D eigenvalue weighted by Crippen LogP contribution is -2.37. The molecule has 0 aliphatic carbocycles. The zero-order valence-corrected chi connectivity index (χ0v) is 18.4. The summed E-state index contributed by atoms with van der Waals surface area (Å²) in [4.78, 5) is 19.1. The topological polar surface area (TPSA) is 76.8 Å². The molecule has 0 atom stereocenters. The average molecular weight is 436 g/mol. The van der Waals surface area contributed by atoms with Gasteiger partial charge < -0.3 is 19.2 Å². The molecule has 0 saturated carbocycles. The number of benzene rings is 2. The number of nitrogens with zero attached hydrogens (tertiary/aromatic N) is 2. The molecule has 0 bridgehead atoms. The van der Waals surface area contributed by atoms with Gasteiger partial charge in [-0.2, -0.15) is 0 Å². The molecule has 1 fully saturated rings. The predicted octanol–water partition coefficient (Wildman–Crippen LogP) is 3.80. The molecule has 7 nitrogen and oxygen atoms in total. The molecule has 2 heterocycles. The highest BCUT2D eigenvalue weighted by Gasteiger charge is 2.11. The van der Waals surface area contributed by atoms with Gasteiger partial charge in [-0.05, 0) is 48.4 Å². The van der Waals surface area contributed by atoms with Crippen LogP contribution in [0.2, 0.25) is 0 Å². The van der Waals surface area contributed by atoms with Gasteiger partial charge in [-0.15, -0.1) is 0 Å². The molecule has 4 rings (SSSR count). The lowest BCUT2D eigenvalue weighted by Gasteiger charge is -2.26. The summed E-state index contributed by atoms with van der Waals surface area (Å²) >= 11 is 0. The highest BCUT2D eigenvalue weighted by atomic mass is 16.5. The van der Waals surface area contributed by atoms with Gasteiger partial charge in [0.2, 0.25) is 5.91 Å². The van der Waals surface area contributed by atoms with Crippen LogP contribution in [0.25, 0.3) is 11.3 Å². The summed E-state index contributed by atoms with van der Waals surface area (Å²) in [7, 11) is 1.63. The van der Waals surface area contributed by atoms with Crippen molar-refractivity contribution in [3.63, 3.8) is 0 Å². The minimum absolute atomic E-state index is 0.0599. The molecule has 1 aliphatic rings. The Labute approximate surface area is 188 Å². The van der Waals surface area contributed by atoms with E-state index < -0.39 is 0 Å². The number of anilines is 1. The number of carbonyl (C=O) groups is 1. The van der Waals surface area contributed by atoms with E-state index in [2.05, 4.69) is 27.3 Å². The molecule has 1 aromatic heterocycles. The molecule has 0 spiro atoms. The van der Waals surface area contributed by atoms with Gasteiger partial charge in [0.25, 0.3) is 0 Å². The van der Waals surface area contributed by atoms with Crippen molar-refractivity contribution in [1.82, 2.24) is 9.88 Å². The van der Waals surface area contributed by atoms with Crippen LogP contribution in [0, 0.1) is 0 Å². The molecule has 3 aromatic rings. The quantitative estimate of drug-likeness (QED) is 0.551. The molecule has 168 valence electrons. The van der Waals surface area contributed by atoms with E-state index in [1.807, 2.05) is 36.4 Å². The number of rotatable bonds is 9.